The monoisotopic (exact) mass is 412 g/mol. The van der Waals surface area contributed by atoms with E-state index in [-0.39, 0.29) is 11.4 Å². The zero-order valence-electron chi connectivity index (χ0n) is 16.8. The number of rotatable bonds is 3. The summed E-state index contributed by atoms with van der Waals surface area (Å²) in [6.45, 7) is 0.788. The Morgan fingerprint density at radius 3 is 2.03 bits per heavy atom. The third-order valence-corrected chi connectivity index (χ3v) is 5.81. The molecule has 5 rings (SSSR count). The molecule has 31 heavy (non-hydrogen) atoms. The predicted molar refractivity (Wildman–Crippen MR) is 118 cm³/mol. The van der Waals surface area contributed by atoms with Crippen LogP contribution in [0.3, 0.4) is 0 Å². The van der Waals surface area contributed by atoms with Gasteiger partial charge in [0, 0.05) is 12.0 Å². The van der Waals surface area contributed by atoms with Gasteiger partial charge < -0.3 is 10.4 Å². The quantitative estimate of drug-likeness (QED) is 0.539. The predicted octanol–water partition coefficient (Wildman–Crippen LogP) is 1.90. The van der Waals surface area contributed by atoms with Gasteiger partial charge in [-0.2, -0.15) is 0 Å². The van der Waals surface area contributed by atoms with Gasteiger partial charge >= 0.3 is 5.69 Å². The molecule has 1 atom stereocenters. The number of nitrogens with two attached hydrogens (primary N) is 1. The molecule has 3 aromatic carbocycles. The Hall–Kier alpha value is -3.90. The maximum atomic E-state index is 13.7. The number of aromatic hydroxyl groups is 1. The van der Waals surface area contributed by atoms with Gasteiger partial charge in [-0.05, 0) is 29.8 Å². The molecular formula is C25H22N3O3+. The second-order valence-corrected chi connectivity index (χ2v) is 7.62. The van der Waals surface area contributed by atoms with Crippen molar-refractivity contribution in [3.8, 4) is 17.3 Å². The summed E-state index contributed by atoms with van der Waals surface area (Å²) in [6.07, 6.45) is 0.888. The van der Waals surface area contributed by atoms with Gasteiger partial charge in [0.15, 0.2) is 0 Å². The van der Waals surface area contributed by atoms with Crippen molar-refractivity contribution in [3.63, 3.8) is 0 Å². The molecule has 0 aliphatic carbocycles. The number of aromatic nitrogens is 2. The lowest BCUT2D eigenvalue weighted by atomic mass is 9.90. The van der Waals surface area contributed by atoms with Gasteiger partial charge in [-0.1, -0.05) is 60.7 Å². The molecule has 1 aliphatic rings. The number of benzene rings is 3. The molecule has 1 aromatic heterocycles. The lowest BCUT2D eigenvalue weighted by Crippen LogP contribution is -2.88. The number of fused-ring (bicyclic) bond motifs is 1. The van der Waals surface area contributed by atoms with E-state index in [1.807, 2.05) is 35.6 Å². The Morgan fingerprint density at radius 2 is 1.35 bits per heavy atom. The molecule has 0 radical (unpaired) electrons. The minimum atomic E-state index is -0.604. The SMILES string of the molecule is O=c1c([C@H]2[NH2+]CCc3ccccc32)c(O)n(-c2ccccc2)c(=O)n1-c1ccccc1. The van der Waals surface area contributed by atoms with E-state index in [1.54, 1.807) is 48.5 Å². The molecule has 3 N–H and O–H groups in total. The molecule has 0 fully saturated rings. The summed E-state index contributed by atoms with van der Waals surface area (Å²) < 4.78 is 2.36. The molecule has 6 nitrogen and oxygen atoms in total. The second-order valence-electron chi connectivity index (χ2n) is 7.62. The Labute approximate surface area is 178 Å². The largest absolute Gasteiger partial charge is 0.494 e. The third-order valence-electron chi connectivity index (χ3n) is 5.81. The van der Waals surface area contributed by atoms with Crippen molar-refractivity contribution in [2.75, 3.05) is 6.54 Å². The molecule has 0 saturated heterocycles. The van der Waals surface area contributed by atoms with E-state index in [1.165, 1.54) is 4.57 Å². The van der Waals surface area contributed by atoms with Crippen LogP contribution in [0.1, 0.15) is 22.7 Å². The lowest BCUT2D eigenvalue weighted by Gasteiger charge is -2.25. The van der Waals surface area contributed by atoms with Crippen molar-refractivity contribution < 1.29 is 10.4 Å². The van der Waals surface area contributed by atoms with Crippen LogP contribution in [0.15, 0.2) is 94.5 Å². The summed E-state index contributed by atoms with van der Waals surface area (Å²) in [5, 5.41) is 13.3. The molecule has 0 spiro atoms. The zero-order chi connectivity index (χ0) is 21.4. The summed E-state index contributed by atoms with van der Waals surface area (Å²) in [5.74, 6) is -0.314. The third kappa shape index (κ3) is 3.17. The molecule has 0 bridgehead atoms. The number of hydrogen-bond acceptors (Lipinski definition) is 3. The van der Waals surface area contributed by atoms with Gasteiger partial charge in [0.05, 0.1) is 17.9 Å². The zero-order valence-corrected chi connectivity index (χ0v) is 16.8. The molecule has 4 aromatic rings. The Balaban J connectivity index is 1.86. The summed E-state index contributed by atoms with van der Waals surface area (Å²) in [7, 11) is 0. The van der Waals surface area contributed by atoms with Crippen LogP contribution in [0.5, 0.6) is 5.88 Å². The van der Waals surface area contributed by atoms with Crippen LogP contribution in [0, 0.1) is 0 Å². The standard InChI is InChI=1S/C25H21N3O3/c29-23-21(22-20-14-8-7-9-17(20)15-16-26-22)24(30)28(19-12-5-2-6-13-19)25(31)27(23)18-10-3-1-4-11-18/h1-14,22,26,29H,15-16H2/p+1/t22-/m0/s1. The highest BCUT2D eigenvalue weighted by molar-refractivity contribution is 5.45. The van der Waals surface area contributed by atoms with E-state index >= 15 is 0 Å². The van der Waals surface area contributed by atoms with Crippen LogP contribution >= 0.6 is 0 Å². The van der Waals surface area contributed by atoms with Gasteiger partial charge in [0.25, 0.3) is 5.56 Å². The van der Waals surface area contributed by atoms with Crippen molar-refractivity contribution in [2.45, 2.75) is 12.5 Å². The topological polar surface area (TPSA) is 80.8 Å². The highest BCUT2D eigenvalue weighted by Gasteiger charge is 2.33. The minimum Gasteiger partial charge on any atom is -0.494 e. The molecule has 2 heterocycles. The average Bonchev–Trinajstić information content (AvgIpc) is 2.81. The van der Waals surface area contributed by atoms with Crippen molar-refractivity contribution in [3.05, 3.63) is 122 Å². The Kier molecular flexibility index (Phi) is 4.76. The molecule has 154 valence electrons. The first kappa shape index (κ1) is 19.1. The van der Waals surface area contributed by atoms with E-state index < -0.39 is 17.3 Å². The maximum absolute atomic E-state index is 13.7. The van der Waals surface area contributed by atoms with Gasteiger partial charge in [-0.3, -0.25) is 4.79 Å². The Morgan fingerprint density at radius 1 is 0.774 bits per heavy atom. The highest BCUT2D eigenvalue weighted by atomic mass is 16.3. The first-order chi connectivity index (χ1) is 15.2. The van der Waals surface area contributed by atoms with E-state index in [4.69, 9.17) is 0 Å². The van der Waals surface area contributed by atoms with Crippen LogP contribution in [0.2, 0.25) is 0 Å². The van der Waals surface area contributed by atoms with Crippen molar-refractivity contribution in [1.82, 2.24) is 9.13 Å². The van der Waals surface area contributed by atoms with Crippen LogP contribution in [0.25, 0.3) is 11.4 Å². The summed E-state index contributed by atoms with van der Waals surface area (Å²) in [6, 6.07) is 25.3. The van der Waals surface area contributed by atoms with Gasteiger partial charge in [-0.15, -0.1) is 0 Å². The number of para-hydroxylation sites is 2. The molecule has 0 amide bonds. The number of quaternary nitrogens is 1. The van der Waals surface area contributed by atoms with Crippen LogP contribution < -0.4 is 16.6 Å². The van der Waals surface area contributed by atoms with Gasteiger partial charge in [-0.25, -0.2) is 13.9 Å². The first-order valence-corrected chi connectivity index (χ1v) is 10.3. The summed E-state index contributed by atoms with van der Waals surface area (Å²) in [4.78, 5) is 27.1. The van der Waals surface area contributed by atoms with Gasteiger partial charge in [0.2, 0.25) is 5.88 Å². The molecule has 0 unspecified atom stereocenters. The summed E-state index contributed by atoms with van der Waals surface area (Å²) in [5.41, 5.74) is 2.20. The van der Waals surface area contributed by atoms with Crippen LogP contribution in [0.4, 0.5) is 0 Å². The van der Waals surface area contributed by atoms with Crippen LogP contribution in [-0.4, -0.2) is 20.8 Å². The molecule has 6 heteroatoms. The van der Waals surface area contributed by atoms with Crippen molar-refractivity contribution in [1.29, 1.82) is 0 Å². The first-order valence-electron chi connectivity index (χ1n) is 10.3. The van der Waals surface area contributed by atoms with Crippen molar-refractivity contribution >= 4 is 0 Å². The van der Waals surface area contributed by atoms with E-state index in [0.29, 0.717) is 11.4 Å². The Bertz CT molecular complexity index is 1360. The number of hydrogen-bond donors (Lipinski definition) is 2. The van der Waals surface area contributed by atoms with E-state index in [2.05, 4.69) is 6.07 Å². The van der Waals surface area contributed by atoms with Crippen LogP contribution in [-0.2, 0) is 6.42 Å². The molecule has 0 saturated carbocycles. The number of nitrogens with zero attached hydrogens (tertiary/aromatic N) is 2. The van der Waals surface area contributed by atoms with Gasteiger partial charge in [0.1, 0.15) is 11.6 Å². The fourth-order valence-corrected chi connectivity index (χ4v) is 4.37. The normalized spacial score (nSPS) is 15.4. The van der Waals surface area contributed by atoms with Crippen molar-refractivity contribution in [2.24, 2.45) is 0 Å². The smallest absolute Gasteiger partial charge is 0.343 e. The fourth-order valence-electron chi connectivity index (χ4n) is 4.37. The van der Waals surface area contributed by atoms with E-state index in [9.17, 15) is 14.7 Å². The molecular weight excluding hydrogens is 390 g/mol. The molecule has 1 aliphatic heterocycles. The average molecular weight is 412 g/mol. The fraction of sp³-hybridized carbons (Fsp3) is 0.120. The minimum absolute atomic E-state index is 0.208. The second kappa shape index (κ2) is 7.74. The highest BCUT2D eigenvalue weighted by Crippen LogP contribution is 2.29. The van der Waals surface area contributed by atoms with E-state index in [0.717, 1.165) is 28.7 Å². The lowest BCUT2D eigenvalue weighted by molar-refractivity contribution is -0.690. The maximum Gasteiger partial charge on any atom is 0.343 e. The summed E-state index contributed by atoms with van der Waals surface area (Å²) >= 11 is 0.